The van der Waals surface area contributed by atoms with Gasteiger partial charge in [0.15, 0.2) is 0 Å². The molecule has 8 rings (SSSR count). The molecule has 0 aliphatic rings. The average molecular weight is 529 g/mol. The van der Waals surface area contributed by atoms with Crippen molar-refractivity contribution in [2.45, 2.75) is 0 Å². The maximum absolute atomic E-state index is 5.01. The number of thiophene rings is 1. The van der Waals surface area contributed by atoms with E-state index in [1.54, 1.807) is 0 Å². The molecule has 2 heterocycles. The minimum atomic E-state index is 0.948. The number of aromatic nitrogens is 1. The molecule has 0 N–H and O–H groups in total. The topological polar surface area (TPSA) is 16.1 Å². The van der Waals surface area contributed by atoms with E-state index < -0.39 is 0 Å². The number of hydrogen-bond acceptors (Lipinski definition) is 3. The SMILES string of the molecule is c1ccc(N(c2ccc(-c3ccc4ccccc4c3)cc2)c2nccc3sc4cc5ccccc5cc4c23)cc1. The van der Waals surface area contributed by atoms with Gasteiger partial charge in [-0.3, -0.25) is 4.90 Å². The maximum atomic E-state index is 5.01. The second-order valence-electron chi connectivity index (χ2n) is 10.1. The molecule has 0 bridgehead atoms. The molecular formula is C37H24N2S. The van der Waals surface area contributed by atoms with Crippen LogP contribution in [0.5, 0.6) is 0 Å². The Bertz CT molecular complexity index is 2160. The predicted octanol–water partition coefficient (Wildman–Crippen LogP) is 10.9. The summed E-state index contributed by atoms with van der Waals surface area (Å²) in [6, 6.07) is 49.9. The van der Waals surface area contributed by atoms with Crippen LogP contribution in [0.3, 0.4) is 0 Å². The Labute approximate surface area is 236 Å². The summed E-state index contributed by atoms with van der Waals surface area (Å²) in [6.45, 7) is 0. The summed E-state index contributed by atoms with van der Waals surface area (Å²) in [6.07, 6.45) is 1.94. The summed E-state index contributed by atoms with van der Waals surface area (Å²) in [5, 5.41) is 7.46. The third-order valence-corrected chi connectivity index (χ3v) is 8.78. The van der Waals surface area contributed by atoms with Gasteiger partial charge in [0.2, 0.25) is 0 Å². The van der Waals surface area contributed by atoms with Gasteiger partial charge in [0.1, 0.15) is 5.82 Å². The van der Waals surface area contributed by atoms with Crippen LogP contribution in [0.4, 0.5) is 17.2 Å². The smallest absolute Gasteiger partial charge is 0.146 e. The van der Waals surface area contributed by atoms with E-state index in [2.05, 4.69) is 144 Å². The highest BCUT2D eigenvalue weighted by Gasteiger charge is 2.20. The van der Waals surface area contributed by atoms with Crippen LogP contribution in [-0.2, 0) is 0 Å². The van der Waals surface area contributed by atoms with Crippen LogP contribution >= 0.6 is 11.3 Å². The first kappa shape index (κ1) is 22.9. The third kappa shape index (κ3) is 3.83. The van der Waals surface area contributed by atoms with Crippen molar-refractivity contribution in [3.05, 3.63) is 146 Å². The fraction of sp³-hybridized carbons (Fsp3) is 0. The largest absolute Gasteiger partial charge is 0.295 e. The minimum absolute atomic E-state index is 0.948. The highest BCUT2D eigenvalue weighted by atomic mass is 32.1. The molecule has 0 radical (unpaired) electrons. The van der Waals surface area contributed by atoms with E-state index in [-0.39, 0.29) is 0 Å². The minimum Gasteiger partial charge on any atom is -0.295 e. The van der Waals surface area contributed by atoms with E-state index in [1.165, 1.54) is 52.8 Å². The van der Waals surface area contributed by atoms with Crippen LogP contribution in [0.2, 0.25) is 0 Å². The van der Waals surface area contributed by atoms with Crippen LogP contribution in [0.25, 0.3) is 52.8 Å². The monoisotopic (exact) mass is 528 g/mol. The summed E-state index contributed by atoms with van der Waals surface area (Å²) in [5.41, 5.74) is 4.57. The molecule has 0 unspecified atom stereocenters. The number of benzene rings is 6. The molecule has 0 aliphatic carbocycles. The first-order valence-electron chi connectivity index (χ1n) is 13.5. The molecule has 6 aromatic carbocycles. The molecule has 188 valence electrons. The zero-order valence-corrected chi connectivity index (χ0v) is 22.5. The number of hydrogen-bond donors (Lipinski definition) is 0. The number of fused-ring (bicyclic) bond motifs is 5. The Kier molecular flexibility index (Phi) is 5.35. The van der Waals surface area contributed by atoms with Crippen LogP contribution in [-0.4, -0.2) is 4.98 Å². The fourth-order valence-electron chi connectivity index (χ4n) is 5.70. The molecule has 0 fully saturated rings. The first-order valence-corrected chi connectivity index (χ1v) is 14.3. The van der Waals surface area contributed by atoms with Gasteiger partial charge in [-0.1, -0.05) is 91.0 Å². The van der Waals surface area contributed by atoms with E-state index in [0.29, 0.717) is 0 Å². The van der Waals surface area contributed by atoms with E-state index >= 15 is 0 Å². The lowest BCUT2D eigenvalue weighted by Gasteiger charge is -2.25. The second kappa shape index (κ2) is 9.33. The number of para-hydroxylation sites is 1. The van der Waals surface area contributed by atoms with Crippen molar-refractivity contribution in [3.63, 3.8) is 0 Å². The van der Waals surface area contributed by atoms with Gasteiger partial charge < -0.3 is 0 Å². The Morgan fingerprint density at radius 1 is 0.475 bits per heavy atom. The summed E-state index contributed by atoms with van der Waals surface area (Å²) in [4.78, 5) is 7.30. The van der Waals surface area contributed by atoms with Crippen LogP contribution < -0.4 is 4.90 Å². The molecule has 3 heteroatoms. The Morgan fingerprint density at radius 2 is 1.10 bits per heavy atom. The Morgan fingerprint density at radius 3 is 1.88 bits per heavy atom. The average Bonchev–Trinajstić information content (AvgIpc) is 3.39. The number of pyridine rings is 1. The first-order chi connectivity index (χ1) is 19.8. The van der Waals surface area contributed by atoms with E-state index in [4.69, 9.17) is 4.98 Å². The van der Waals surface area contributed by atoms with Gasteiger partial charge in [-0.2, -0.15) is 0 Å². The number of nitrogens with zero attached hydrogens (tertiary/aromatic N) is 2. The maximum Gasteiger partial charge on any atom is 0.146 e. The van der Waals surface area contributed by atoms with E-state index in [1.807, 2.05) is 17.5 Å². The van der Waals surface area contributed by atoms with Gasteiger partial charge in [-0.05, 0) is 81.2 Å². The summed E-state index contributed by atoms with van der Waals surface area (Å²) < 4.78 is 2.52. The fourth-order valence-corrected chi connectivity index (χ4v) is 6.83. The van der Waals surface area contributed by atoms with Crippen molar-refractivity contribution in [1.82, 2.24) is 4.98 Å². The van der Waals surface area contributed by atoms with Crippen LogP contribution in [0.1, 0.15) is 0 Å². The van der Waals surface area contributed by atoms with Crippen molar-refractivity contribution in [2.75, 3.05) is 4.90 Å². The zero-order chi connectivity index (χ0) is 26.5. The van der Waals surface area contributed by atoms with Gasteiger partial charge in [0.05, 0.1) is 0 Å². The Balaban J connectivity index is 1.31. The normalized spacial score (nSPS) is 11.5. The molecule has 0 amide bonds. The van der Waals surface area contributed by atoms with Gasteiger partial charge in [0.25, 0.3) is 0 Å². The molecule has 0 saturated carbocycles. The lowest BCUT2D eigenvalue weighted by Crippen LogP contribution is -2.11. The number of anilines is 3. The summed E-state index contributed by atoms with van der Waals surface area (Å²) in [5.74, 6) is 0.948. The molecule has 0 spiro atoms. The van der Waals surface area contributed by atoms with E-state index in [9.17, 15) is 0 Å². The summed E-state index contributed by atoms with van der Waals surface area (Å²) in [7, 11) is 0. The highest BCUT2D eigenvalue weighted by Crippen LogP contribution is 2.44. The molecule has 0 saturated heterocycles. The Hall–Kier alpha value is -4.99. The molecule has 8 aromatic rings. The molecule has 2 nitrogen and oxygen atoms in total. The molecule has 2 aromatic heterocycles. The van der Waals surface area contributed by atoms with Crippen molar-refractivity contribution in [2.24, 2.45) is 0 Å². The van der Waals surface area contributed by atoms with Crippen molar-refractivity contribution < 1.29 is 0 Å². The van der Waals surface area contributed by atoms with Gasteiger partial charge in [0, 0.05) is 37.7 Å². The van der Waals surface area contributed by atoms with Crippen molar-refractivity contribution >= 4 is 70.2 Å². The molecule has 0 aliphatic heterocycles. The predicted molar refractivity (Wildman–Crippen MR) is 172 cm³/mol. The van der Waals surface area contributed by atoms with Crippen molar-refractivity contribution in [3.8, 4) is 11.1 Å². The zero-order valence-electron chi connectivity index (χ0n) is 21.7. The van der Waals surface area contributed by atoms with Crippen LogP contribution in [0.15, 0.2) is 146 Å². The lowest BCUT2D eigenvalue weighted by molar-refractivity contribution is 1.20. The standard InChI is InChI=1S/C37H24N2S/c1-2-12-31(13-3-1)39(32-18-16-26(17-19-32)30-15-14-25-8-4-5-9-27(25)22-30)37-36-33-23-28-10-6-7-11-29(28)24-35(33)40-34(36)20-21-38-37/h1-24H. The quantitative estimate of drug-likeness (QED) is 0.226. The third-order valence-electron chi connectivity index (χ3n) is 7.66. The van der Waals surface area contributed by atoms with Gasteiger partial charge in [-0.25, -0.2) is 4.98 Å². The highest BCUT2D eigenvalue weighted by molar-refractivity contribution is 7.26. The van der Waals surface area contributed by atoms with Crippen molar-refractivity contribution in [1.29, 1.82) is 0 Å². The lowest BCUT2D eigenvalue weighted by atomic mass is 10.0. The number of rotatable bonds is 4. The molecular weight excluding hydrogens is 504 g/mol. The molecule has 40 heavy (non-hydrogen) atoms. The molecule has 0 atom stereocenters. The van der Waals surface area contributed by atoms with Gasteiger partial charge in [-0.15, -0.1) is 11.3 Å². The van der Waals surface area contributed by atoms with Crippen LogP contribution in [0, 0.1) is 0 Å². The van der Waals surface area contributed by atoms with Gasteiger partial charge >= 0.3 is 0 Å². The summed E-state index contributed by atoms with van der Waals surface area (Å²) >= 11 is 1.83. The second-order valence-corrected chi connectivity index (χ2v) is 11.2. The van der Waals surface area contributed by atoms with E-state index in [0.717, 1.165) is 17.2 Å².